The van der Waals surface area contributed by atoms with Crippen molar-refractivity contribution in [1.29, 1.82) is 0 Å². The largest absolute Gasteiger partial charge is 0.382 e. The van der Waals surface area contributed by atoms with Gasteiger partial charge in [-0.3, -0.25) is 4.68 Å². The molecule has 0 bridgehead atoms. The molecule has 0 aliphatic rings. The predicted octanol–water partition coefficient (Wildman–Crippen LogP) is 1.61. The minimum absolute atomic E-state index is 0.295. The fourth-order valence-corrected chi connectivity index (χ4v) is 1.80. The third-order valence-corrected chi connectivity index (χ3v) is 2.48. The topological polar surface area (TPSA) is 69.6 Å². The summed E-state index contributed by atoms with van der Waals surface area (Å²) in [5.74, 6) is 0.458. The van der Waals surface area contributed by atoms with E-state index in [2.05, 4.69) is 29.1 Å². The van der Waals surface area contributed by atoms with Gasteiger partial charge in [-0.2, -0.15) is 10.2 Å². The van der Waals surface area contributed by atoms with Gasteiger partial charge >= 0.3 is 0 Å². The van der Waals surface area contributed by atoms with Crippen LogP contribution in [0.1, 0.15) is 31.3 Å². The van der Waals surface area contributed by atoms with Crippen molar-refractivity contribution in [3.8, 4) is 0 Å². The van der Waals surface area contributed by atoms with Gasteiger partial charge in [0.2, 0.25) is 0 Å². The minimum Gasteiger partial charge on any atom is -0.382 e. The normalized spacial score (nSPS) is 11.5. The molecule has 0 atom stereocenters. The van der Waals surface area contributed by atoms with Crippen LogP contribution in [-0.2, 0) is 0 Å². The minimum atomic E-state index is 0.295. The smallest absolute Gasteiger partial charge is 0.157 e. The van der Waals surface area contributed by atoms with Crippen LogP contribution >= 0.6 is 0 Å². The summed E-state index contributed by atoms with van der Waals surface area (Å²) >= 11 is 0. The Bertz CT molecular complexity index is 512. The van der Waals surface area contributed by atoms with Gasteiger partial charge in [0.25, 0.3) is 0 Å². The average Bonchev–Trinajstić information content (AvgIpc) is 2.51. The molecular formula is C10H15N5. The maximum atomic E-state index is 5.81. The second-order valence-electron chi connectivity index (χ2n) is 4.02. The summed E-state index contributed by atoms with van der Waals surface area (Å²) in [5.41, 5.74) is 8.59. The summed E-state index contributed by atoms with van der Waals surface area (Å²) < 4.78 is 1.95. The van der Waals surface area contributed by atoms with Gasteiger partial charge in [-0.1, -0.05) is 0 Å². The Morgan fingerprint density at radius 1 is 1.13 bits per heavy atom. The predicted molar refractivity (Wildman–Crippen MR) is 59.6 cm³/mol. The molecule has 2 aromatic heterocycles. The number of anilines is 1. The summed E-state index contributed by atoms with van der Waals surface area (Å²) in [4.78, 5) is 0. The van der Waals surface area contributed by atoms with Gasteiger partial charge in [0.15, 0.2) is 5.82 Å². The number of aromatic nitrogens is 4. The fraction of sp³-hybridized carbons (Fsp3) is 0.500. The lowest BCUT2D eigenvalue weighted by molar-refractivity contribution is 0.545. The van der Waals surface area contributed by atoms with E-state index in [1.54, 1.807) is 0 Å². The van der Waals surface area contributed by atoms with E-state index in [-0.39, 0.29) is 0 Å². The molecule has 0 radical (unpaired) electrons. The number of aryl methyl sites for hydroxylation is 2. The molecule has 2 N–H and O–H groups in total. The van der Waals surface area contributed by atoms with Crippen LogP contribution in [0.4, 0.5) is 5.82 Å². The molecule has 0 aromatic carbocycles. The van der Waals surface area contributed by atoms with Crippen molar-refractivity contribution in [3.63, 3.8) is 0 Å². The Hall–Kier alpha value is -1.65. The average molecular weight is 205 g/mol. The SMILES string of the molecule is Cc1nn(C(C)C)c2c(C)nnc(N)c12. The maximum Gasteiger partial charge on any atom is 0.157 e. The number of rotatable bonds is 1. The summed E-state index contributed by atoms with van der Waals surface area (Å²) in [6.07, 6.45) is 0. The molecule has 80 valence electrons. The zero-order valence-electron chi connectivity index (χ0n) is 9.44. The molecular weight excluding hydrogens is 190 g/mol. The Kier molecular flexibility index (Phi) is 2.10. The highest BCUT2D eigenvalue weighted by atomic mass is 15.3. The van der Waals surface area contributed by atoms with Gasteiger partial charge in [-0.25, -0.2) is 0 Å². The summed E-state index contributed by atoms with van der Waals surface area (Å²) in [5, 5.41) is 13.3. The summed E-state index contributed by atoms with van der Waals surface area (Å²) in [6.45, 7) is 8.04. The molecule has 2 rings (SSSR count). The highest BCUT2D eigenvalue weighted by Gasteiger charge is 2.15. The molecule has 0 saturated carbocycles. The number of nitrogens with zero attached hydrogens (tertiary/aromatic N) is 4. The lowest BCUT2D eigenvalue weighted by Gasteiger charge is -2.08. The van der Waals surface area contributed by atoms with Crippen molar-refractivity contribution < 1.29 is 0 Å². The Morgan fingerprint density at radius 3 is 2.40 bits per heavy atom. The molecule has 2 aromatic rings. The van der Waals surface area contributed by atoms with E-state index in [1.165, 1.54) is 0 Å². The number of hydrogen-bond acceptors (Lipinski definition) is 4. The quantitative estimate of drug-likeness (QED) is 0.767. The zero-order chi connectivity index (χ0) is 11.2. The van der Waals surface area contributed by atoms with Crippen LogP contribution in [-0.4, -0.2) is 20.0 Å². The van der Waals surface area contributed by atoms with Gasteiger partial charge in [0, 0.05) is 6.04 Å². The molecule has 5 nitrogen and oxygen atoms in total. The fourth-order valence-electron chi connectivity index (χ4n) is 1.80. The number of nitrogens with two attached hydrogens (primary N) is 1. The second kappa shape index (κ2) is 3.18. The molecule has 0 aliphatic heterocycles. The van der Waals surface area contributed by atoms with Crippen LogP contribution in [0.25, 0.3) is 10.9 Å². The van der Waals surface area contributed by atoms with Crippen LogP contribution in [0, 0.1) is 13.8 Å². The van der Waals surface area contributed by atoms with E-state index in [0.29, 0.717) is 11.9 Å². The van der Waals surface area contributed by atoms with Crippen LogP contribution in [0.2, 0.25) is 0 Å². The van der Waals surface area contributed by atoms with Gasteiger partial charge < -0.3 is 5.73 Å². The third-order valence-electron chi connectivity index (χ3n) is 2.48. The maximum absolute atomic E-state index is 5.81. The zero-order valence-corrected chi connectivity index (χ0v) is 9.44. The van der Waals surface area contributed by atoms with Crippen LogP contribution in [0.5, 0.6) is 0 Å². The molecule has 0 spiro atoms. The number of fused-ring (bicyclic) bond motifs is 1. The first-order chi connectivity index (χ1) is 7.02. The van der Waals surface area contributed by atoms with Crippen molar-refractivity contribution in [3.05, 3.63) is 11.4 Å². The van der Waals surface area contributed by atoms with Crippen molar-refractivity contribution in [2.75, 3.05) is 5.73 Å². The van der Waals surface area contributed by atoms with E-state index in [4.69, 9.17) is 5.73 Å². The van der Waals surface area contributed by atoms with Gasteiger partial charge in [-0.15, -0.1) is 5.10 Å². The molecule has 2 heterocycles. The van der Waals surface area contributed by atoms with Crippen LogP contribution in [0.15, 0.2) is 0 Å². The van der Waals surface area contributed by atoms with Gasteiger partial charge in [0.05, 0.1) is 22.3 Å². The summed E-state index contributed by atoms with van der Waals surface area (Å²) in [7, 11) is 0. The van der Waals surface area contributed by atoms with Crippen LogP contribution in [0.3, 0.4) is 0 Å². The van der Waals surface area contributed by atoms with Gasteiger partial charge in [0.1, 0.15) is 0 Å². The summed E-state index contributed by atoms with van der Waals surface area (Å²) in [6, 6.07) is 0.295. The van der Waals surface area contributed by atoms with Crippen molar-refractivity contribution in [2.45, 2.75) is 33.7 Å². The monoisotopic (exact) mass is 205 g/mol. The van der Waals surface area contributed by atoms with E-state index in [9.17, 15) is 0 Å². The molecule has 0 aliphatic carbocycles. The second-order valence-corrected chi connectivity index (χ2v) is 4.02. The molecule has 5 heteroatoms. The van der Waals surface area contributed by atoms with Crippen molar-refractivity contribution in [2.24, 2.45) is 0 Å². The van der Waals surface area contributed by atoms with E-state index >= 15 is 0 Å². The van der Waals surface area contributed by atoms with Crippen molar-refractivity contribution >= 4 is 16.7 Å². The lowest BCUT2D eigenvalue weighted by Crippen LogP contribution is -2.05. The molecule has 0 saturated heterocycles. The standard InChI is InChI=1S/C10H15N5/c1-5(2)15-9-7(4)12-13-10(11)8(9)6(3)14-15/h5H,1-4H3,(H2,11,13). The molecule has 0 fully saturated rings. The number of nitrogen functional groups attached to an aromatic ring is 1. The van der Waals surface area contributed by atoms with E-state index < -0.39 is 0 Å². The third kappa shape index (κ3) is 1.35. The highest BCUT2D eigenvalue weighted by Crippen LogP contribution is 2.26. The Morgan fingerprint density at radius 2 is 1.80 bits per heavy atom. The molecule has 15 heavy (non-hydrogen) atoms. The Labute approximate surface area is 88.3 Å². The lowest BCUT2D eigenvalue weighted by atomic mass is 10.2. The first-order valence-electron chi connectivity index (χ1n) is 5.00. The molecule has 0 unspecified atom stereocenters. The molecule has 0 amide bonds. The van der Waals surface area contributed by atoms with E-state index in [0.717, 1.165) is 22.3 Å². The first-order valence-corrected chi connectivity index (χ1v) is 5.00. The van der Waals surface area contributed by atoms with Crippen LogP contribution < -0.4 is 5.73 Å². The van der Waals surface area contributed by atoms with E-state index in [1.807, 2.05) is 18.5 Å². The highest BCUT2D eigenvalue weighted by molar-refractivity contribution is 5.91. The first kappa shape index (κ1) is 9.89. The van der Waals surface area contributed by atoms with Gasteiger partial charge in [-0.05, 0) is 27.7 Å². The van der Waals surface area contributed by atoms with Crippen molar-refractivity contribution in [1.82, 2.24) is 20.0 Å². The number of hydrogen-bond donors (Lipinski definition) is 1. The Balaban J connectivity index is 2.92.